The predicted molar refractivity (Wildman–Crippen MR) is 75.1 cm³/mol. The number of hydrogen-bond donors (Lipinski definition) is 2. The Morgan fingerprint density at radius 3 is 2.53 bits per heavy atom. The van der Waals surface area contributed by atoms with E-state index in [0.29, 0.717) is 12.8 Å². The lowest BCUT2D eigenvalue weighted by molar-refractivity contribution is -0.142. The van der Waals surface area contributed by atoms with Crippen molar-refractivity contribution in [3.8, 4) is 0 Å². The summed E-state index contributed by atoms with van der Waals surface area (Å²) in [5, 5.41) is 11.8. The fourth-order valence-corrected chi connectivity index (χ4v) is 1.97. The first-order valence-electron chi connectivity index (χ1n) is 6.63. The molecule has 0 saturated heterocycles. The van der Waals surface area contributed by atoms with Crippen LogP contribution in [0.5, 0.6) is 0 Å². The number of carbonyl (C=O) groups is 2. The Morgan fingerprint density at radius 1 is 1.26 bits per heavy atom. The number of carboxylic acids is 1. The van der Waals surface area contributed by atoms with Gasteiger partial charge in [-0.25, -0.2) is 0 Å². The van der Waals surface area contributed by atoms with Gasteiger partial charge in [-0.05, 0) is 31.4 Å². The maximum absolute atomic E-state index is 11.8. The Bertz CT molecular complexity index is 443. The number of aryl methyl sites for hydroxylation is 1. The van der Waals surface area contributed by atoms with Gasteiger partial charge in [0.15, 0.2) is 0 Å². The van der Waals surface area contributed by atoms with Crippen LogP contribution in [0, 0.1) is 12.8 Å². The summed E-state index contributed by atoms with van der Waals surface area (Å²) >= 11 is 0. The van der Waals surface area contributed by atoms with Crippen LogP contribution in [0.1, 0.15) is 38.2 Å². The molecule has 0 saturated carbocycles. The third kappa shape index (κ3) is 5.12. The summed E-state index contributed by atoms with van der Waals surface area (Å²) in [6, 6.07) is 7.53. The molecule has 0 radical (unpaired) electrons. The van der Waals surface area contributed by atoms with Crippen molar-refractivity contribution in [3.63, 3.8) is 0 Å². The zero-order valence-corrected chi connectivity index (χ0v) is 11.5. The lowest BCUT2D eigenvalue weighted by Gasteiger charge is -2.11. The monoisotopic (exact) mass is 263 g/mol. The van der Waals surface area contributed by atoms with E-state index in [1.807, 2.05) is 38.1 Å². The van der Waals surface area contributed by atoms with Crippen molar-refractivity contribution >= 4 is 17.6 Å². The van der Waals surface area contributed by atoms with Crippen molar-refractivity contribution in [2.45, 2.75) is 39.5 Å². The number of carboxylic acid groups (broad SMARTS) is 1. The molecule has 1 amide bonds. The number of hydrogen-bond acceptors (Lipinski definition) is 2. The van der Waals surface area contributed by atoms with Crippen LogP contribution in [-0.2, 0) is 9.59 Å². The number of para-hydroxylation sites is 1. The van der Waals surface area contributed by atoms with Gasteiger partial charge in [0.25, 0.3) is 0 Å². The Labute approximate surface area is 113 Å². The molecule has 1 aromatic rings. The Balaban J connectivity index is 2.47. The Morgan fingerprint density at radius 2 is 1.95 bits per heavy atom. The summed E-state index contributed by atoms with van der Waals surface area (Å²) in [6.45, 7) is 3.87. The maximum Gasteiger partial charge on any atom is 0.306 e. The van der Waals surface area contributed by atoms with Crippen LogP contribution in [0.15, 0.2) is 24.3 Å². The number of amides is 1. The molecule has 0 heterocycles. The second kappa shape index (κ2) is 7.56. The average Bonchev–Trinajstić information content (AvgIpc) is 2.37. The second-order valence-corrected chi connectivity index (χ2v) is 4.73. The fourth-order valence-electron chi connectivity index (χ4n) is 1.97. The number of nitrogens with one attached hydrogen (secondary N) is 1. The highest BCUT2D eigenvalue weighted by atomic mass is 16.4. The summed E-state index contributed by atoms with van der Waals surface area (Å²) in [4.78, 5) is 22.8. The van der Waals surface area contributed by atoms with Crippen LogP contribution in [0.2, 0.25) is 0 Å². The molecule has 0 aromatic heterocycles. The van der Waals surface area contributed by atoms with E-state index in [9.17, 15) is 9.59 Å². The van der Waals surface area contributed by atoms with E-state index in [2.05, 4.69) is 5.32 Å². The zero-order chi connectivity index (χ0) is 14.3. The van der Waals surface area contributed by atoms with Gasteiger partial charge < -0.3 is 10.4 Å². The lowest BCUT2D eigenvalue weighted by Crippen LogP contribution is -2.18. The molecule has 104 valence electrons. The molecule has 0 spiro atoms. The molecule has 2 N–H and O–H groups in total. The number of aliphatic carboxylic acids is 1. The van der Waals surface area contributed by atoms with Crippen molar-refractivity contribution in [3.05, 3.63) is 29.8 Å². The van der Waals surface area contributed by atoms with E-state index in [1.54, 1.807) is 0 Å². The first-order valence-corrected chi connectivity index (χ1v) is 6.63. The second-order valence-electron chi connectivity index (χ2n) is 4.73. The molecule has 1 atom stereocenters. The average molecular weight is 263 g/mol. The van der Waals surface area contributed by atoms with Crippen LogP contribution >= 0.6 is 0 Å². The molecule has 0 fully saturated rings. The molecule has 0 aliphatic carbocycles. The van der Waals surface area contributed by atoms with E-state index in [0.717, 1.165) is 17.7 Å². The normalized spacial score (nSPS) is 11.9. The van der Waals surface area contributed by atoms with Gasteiger partial charge in [0, 0.05) is 12.1 Å². The molecule has 0 aliphatic heterocycles. The standard InChI is InChI=1S/C15H21NO3/c1-3-6-12(15(18)19)9-10-14(17)16-13-8-5-4-7-11(13)2/h4-5,7-8,12H,3,6,9-10H2,1-2H3,(H,16,17)(H,18,19)/t12-/m1/s1. The number of benzene rings is 1. The molecule has 4 nitrogen and oxygen atoms in total. The summed E-state index contributed by atoms with van der Waals surface area (Å²) < 4.78 is 0. The van der Waals surface area contributed by atoms with Crippen molar-refractivity contribution in [1.82, 2.24) is 0 Å². The Hall–Kier alpha value is -1.84. The van der Waals surface area contributed by atoms with E-state index < -0.39 is 11.9 Å². The van der Waals surface area contributed by atoms with Crippen molar-refractivity contribution in [2.24, 2.45) is 5.92 Å². The molecular formula is C15H21NO3. The summed E-state index contributed by atoms with van der Waals surface area (Å²) in [5.41, 5.74) is 1.79. The quantitative estimate of drug-likeness (QED) is 0.793. The molecule has 1 aromatic carbocycles. The van der Waals surface area contributed by atoms with Gasteiger partial charge in [-0.15, -0.1) is 0 Å². The summed E-state index contributed by atoms with van der Waals surface area (Å²) in [6.07, 6.45) is 2.07. The van der Waals surface area contributed by atoms with E-state index in [-0.39, 0.29) is 12.3 Å². The largest absolute Gasteiger partial charge is 0.481 e. The SMILES string of the molecule is CCC[C@H](CCC(=O)Nc1ccccc1C)C(=O)O. The van der Waals surface area contributed by atoms with Gasteiger partial charge in [-0.3, -0.25) is 9.59 Å². The number of rotatable bonds is 7. The summed E-state index contributed by atoms with van der Waals surface area (Å²) in [7, 11) is 0. The predicted octanol–water partition coefficient (Wildman–Crippen LogP) is 3.21. The first kappa shape index (κ1) is 15.2. The van der Waals surface area contributed by atoms with E-state index in [4.69, 9.17) is 5.11 Å². The van der Waals surface area contributed by atoms with Crippen LogP contribution < -0.4 is 5.32 Å². The van der Waals surface area contributed by atoms with E-state index >= 15 is 0 Å². The lowest BCUT2D eigenvalue weighted by atomic mass is 9.98. The van der Waals surface area contributed by atoms with Gasteiger partial charge >= 0.3 is 5.97 Å². The third-order valence-corrected chi connectivity index (χ3v) is 3.13. The summed E-state index contributed by atoms with van der Waals surface area (Å²) in [5.74, 6) is -1.37. The molecule has 0 aliphatic rings. The minimum atomic E-state index is -0.814. The van der Waals surface area contributed by atoms with Gasteiger partial charge in [-0.2, -0.15) is 0 Å². The van der Waals surface area contributed by atoms with Crippen LogP contribution in [0.4, 0.5) is 5.69 Å². The van der Waals surface area contributed by atoms with Crippen molar-refractivity contribution < 1.29 is 14.7 Å². The molecule has 4 heteroatoms. The number of carbonyl (C=O) groups excluding carboxylic acids is 1. The van der Waals surface area contributed by atoms with Gasteiger partial charge in [0.2, 0.25) is 5.91 Å². The minimum absolute atomic E-state index is 0.128. The number of anilines is 1. The Kier molecular flexibility index (Phi) is 6.06. The van der Waals surface area contributed by atoms with Gasteiger partial charge in [-0.1, -0.05) is 31.5 Å². The molecular weight excluding hydrogens is 242 g/mol. The van der Waals surface area contributed by atoms with Gasteiger partial charge in [0.05, 0.1) is 5.92 Å². The topological polar surface area (TPSA) is 66.4 Å². The van der Waals surface area contributed by atoms with Crippen molar-refractivity contribution in [2.75, 3.05) is 5.32 Å². The highest BCUT2D eigenvalue weighted by Gasteiger charge is 2.17. The molecule has 19 heavy (non-hydrogen) atoms. The zero-order valence-electron chi connectivity index (χ0n) is 11.5. The van der Waals surface area contributed by atoms with E-state index in [1.165, 1.54) is 0 Å². The third-order valence-electron chi connectivity index (χ3n) is 3.13. The smallest absolute Gasteiger partial charge is 0.306 e. The minimum Gasteiger partial charge on any atom is -0.481 e. The fraction of sp³-hybridized carbons (Fsp3) is 0.467. The van der Waals surface area contributed by atoms with Gasteiger partial charge in [0.1, 0.15) is 0 Å². The van der Waals surface area contributed by atoms with Crippen molar-refractivity contribution in [1.29, 1.82) is 0 Å². The van der Waals surface area contributed by atoms with Crippen LogP contribution in [0.3, 0.4) is 0 Å². The molecule has 0 unspecified atom stereocenters. The highest BCUT2D eigenvalue weighted by Crippen LogP contribution is 2.17. The maximum atomic E-state index is 11.8. The molecule has 1 rings (SSSR count). The van der Waals surface area contributed by atoms with Crippen LogP contribution in [0.25, 0.3) is 0 Å². The molecule has 0 bridgehead atoms. The first-order chi connectivity index (χ1) is 9.04. The highest BCUT2D eigenvalue weighted by molar-refractivity contribution is 5.91. The van der Waals surface area contributed by atoms with Crippen LogP contribution in [-0.4, -0.2) is 17.0 Å².